The predicted molar refractivity (Wildman–Crippen MR) is 97.5 cm³/mol. The van der Waals surface area contributed by atoms with Crippen molar-refractivity contribution in [2.75, 3.05) is 21.3 Å². The molecule has 25 heavy (non-hydrogen) atoms. The first-order valence-corrected chi connectivity index (χ1v) is 9.95. The second-order valence-corrected chi connectivity index (χ2v) is 8.44. The molecular weight excluding hydrogens is 411 g/mol. The third kappa shape index (κ3) is 3.59. The van der Waals surface area contributed by atoms with Crippen molar-refractivity contribution in [1.29, 1.82) is 0 Å². The maximum absolute atomic E-state index is 12.2. The van der Waals surface area contributed by atoms with Crippen molar-refractivity contribution in [3.8, 4) is 11.3 Å². The molecule has 0 unspecified atom stereocenters. The number of methoxy groups -OCH3 is 1. The smallest absolute Gasteiger partial charge is 0.339 e. The van der Waals surface area contributed by atoms with Gasteiger partial charge in [0.05, 0.1) is 11.7 Å². The molecule has 0 atom stereocenters. The molecule has 3 rings (SSSR count). The van der Waals surface area contributed by atoms with Gasteiger partial charge in [-0.05, 0) is 12.1 Å². The second kappa shape index (κ2) is 7.43. The van der Waals surface area contributed by atoms with E-state index in [2.05, 4.69) is 20.9 Å². The van der Waals surface area contributed by atoms with E-state index in [4.69, 9.17) is 18.2 Å². The van der Waals surface area contributed by atoms with E-state index in [9.17, 15) is 4.57 Å². The Morgan fingerprint density at radius 1 is 1.28 bits per heavy atom. The highest BCUT2D eigenvalue weighted by molar-refractivity contribution is 9.10. The average Bonchev–Trinajstić information content (AvgIpc) is 3.21. The normalized spacial score (nSPS) is 12.2. The lowest BCUT2D eigenvalue weighted by molar-refractivity contribution is 0.135. The molecule has 0 N–H and O–H groups in total. The fourth-order valence-electron chi connectivity index (χ4n) is 2.62. The van der Waals surface area contributed by atoms with Crippen LogP contribution in [-0.4, -0.2) is 30.9 Å². The molecule has 0 aliphatic heterocycles. The van der Waals surface area contributed by atoms with Gasteiger partial charge in [0.25, 0.3) is 0 Å². The van der Waals surface area contributed by atoms with Crippen LogP contribution in [0.5, 0.6) is 0 Å². The summed E-state index contributed by atoms with van der Waals surface area (Å²) in [6, 6.07) is 5.93. The molecule has 0 radical (unpaired) electrons. The van der Waals surface area contributed by atoms with Crippen LogP contribution < -0.4 is 0 Å². The van der Waals surface area contributed by atoms with Crippen LogP contribution in [0.15, 0.2) is 39.5 Å². The third-order valence-corrected chi connectivity index (χ3v) is 6.26. The molecule has 2 aromatic heterocycles. The summed E-state index contributed by atoms with van der Waals surface area (Å²) in [4.78, 5) is 4.21. The topological polar surface area (TPSA) is 75.7 Å². The minimum Gasteiger partial charge on any atom is -0.440 e. The number of oxazole rings is 1. The van der Waals surface area contributed by atoms with E-state index in [1.807, 2.05) is 29.0 Å². The molecule has 134 valence electrons. The molecule has 0 amide bonds. The zero-order valence-electron chi connectivity index (χ0n) is 14.1. The lowest BCUT2D eigenvalue weighted by Gasteiger charge is -2.10. The Morgan fingerprint density at radius 3 is 2.72 bits per heavy atom. The number of hydrogen-bond donors (Lipinski definition) is 0. The van der Waals surface area contributed by atoms with Gasteiger partial charge in [-0.25, -0.2) is 4.98 Å². The molecule has 0 aliphatic carbocycles. The van der Waals surface area contributed by atoms with Crippen LogP contribution in [0.2, 0.25) is 0 Å². The van der Waals surface area contributed by atoms with Crippen LogP contribution in [0.3, 0.4) is 0 Å². The Hall–Kier alpha value is -1.44. The molecule has 0 saturated carbocycles. The van der Waals surface area contributed by atoms with Crippen molar-refractivity contribution in [3.63, 3.8) is 0 Å². The predicted octanol–water partition coefficient (Wildman–Crippen LogP) is 4.65. The van der Waals surface area contributed by atoms with Gasteiger partial charge in [0.15, 0.2) is 5.76 Å². The largest absolute Gasteiger partial charge is 0.440 e. The lowest BCUT2D eigenvalue weighted by Crippen LogP contribution is -1.96. The Balaban J connectivity index is 2.04. The van der Waals surface area contributed by atoms with E-state index in [1.165, 1.54) is 14.2 Å². The quantitative estimate of drug-likeness (QED) is 0.509. The van der Waals surface area contributed by atoms with Crippen molar-refractivity contribution in [3.05, 3.63) is 41.0 Å². The van der Waals surface area contributed by atoms with E-state index in [0.717, 1.165) is 20.9 Å². The Bertz CT molecular complexity index is 928. The van der Waals surface area contributed by atoms with Crippen molar-refractivity contribution in [2.45, 2.75) is 12.9 Å². The van der Waals surface area contributed by atoms with E-state index in [-0.39, 0.29) is 6.16 Å². The van der Waals surface area contributed by atoms with Gasteiger partial charge in [0.1, 0.15) is 12.9 Å². The summed E-state index contributed by atoms with van der Waals surface area (Å²) in [6.45, 7) is 0.413. The Labute approximate surface area is 153 Å². The summed E-state index contributed by atoms with van der Waals surface area (Å²) in [6.07, 6.45) is 3.52. The fraction of sp³-hybridized carbons (Fsp3) is 0.312. The zero-order valence-corrected chi connectivity index (χ0v) is 16.5. The summed E-state index contributed by atoms with van der Waals surface area (Å²) < 4.78 is 36.1. The van der Waals surface area contributed by atoms with E-state index < -0.39 is 7.60 Å². The Kier molecular flexibility index (Phi) is 5.46. The number of halogens is 1. The maximum Gasteiger partial charge on any atom is 0.339 e. The van der Waals surface area contributed by atoms with E-state index >= 15 is 0 Å². The highest BCUT2D eigenvalue weighted by atomic mass is 79.9. The first-order valence-electron chi connectivity index (χ1n) is 7.43. The minimum absolute atomic E-state index is 0.0299. The highest BCUT2D eigenvalue weighted by Crippen LogP contribution is 2.50. The van der Waals surface area contributed by atoms with Gasteiger partial charge in [-0.15, -0.1) is 0 Å². The van der Waals surface area contributed by atoms with Crippen molar-refractivity contribution in [2.24, 2.45) is 0 Å². The van der Waals surface area contributed by atoms with Gasteiger partial charge in [0, 0.05) is 42.9 Å². The number of aromatic nitrogens is 2. The summed E-state index contributed by atoms with van der Waals surface area (Å²) >= 11 is 3.59. The maximum atomic E-state index is 12.2. The van der Waals surface area contributed by atoms with Crippen molar-refractivity contribution < 1.29 is 22.8 Å². The van der Waals surface area contributed by atoms with Crippen LogP contribution in [0, 0.1) is 0 Å². The monoisotopic (exact) mass is 428 g/mol. The van der Waals surface area contributed by atoms with Crippen LogP contribution in [0.25, 0.3) is 22.2 Å². The SMILES string of the molecule is COCn1cc(-c2cnc(CP(=O)(OC)OC)o2)c2c(Br)cccc21. The van der Waals surface area contributed by atoms with E-state index in [1.54, 1.807) is 13.3 Å². The third-order valence-electron chi connectivity index (χ3n) is 3.83. The molecule has 1 aromatic carbocycles. The molecule has 0 spiro atoms. The molecule has 3 aromatic rings. The molecule has 2 heterocycles. The molecule has 9 heteroatoms. The summed E-state index contributed by atoms with van der Waals surface area (Å²) in [5, 5.41) is 0.990. The van der Waals surface area contributed by atoms with Gasteiger partial charge in [-0.3, -0.25) is 4.57 Å². The standard InChI is InChI=1S/C16H18BrN2O5P/c1-21-10-19-8-11(16-12(17)5-4-6-13(16)19)14-7-18-15(24-14)9-25(20,22-2)23-3/h4-8H,9-10H2,1-3H3. The van der Waals surface area contributed by atoms with E-state index in [0.29, 0.717) is 18.4 Å². The number of fused-ring (bicyclic) bond motifs is 1. The minimum atomic E-state index is -3.24. The van der Waals surface area contributed by atoms with Crippen molar-refractivity contribution in [1.82, 2.24) is 9.55 Å². The highest BCUT2D eigenvalue weighted by Gasteiger charge is 2.25. The van der Waals surface area contributed by atoms with Crippen LogP contribution in [0.1, 0.15) is 5.89 Å². The van der Waals surface area contributed by atoms with Crippen LogP contribution in [0.4, 0.5) is 0 Å². The summed E-state index contributed by atoms with van der Waals surface area (Å²) in [5.41, 5.74) is 1.87. The zero-order chi connectivity index (χ0) is 18.0. The average molecular weight is 429 g/mol. The van der Waals surface area contributed by atoms with Gasteiger partial charge in [0.2, 0.25) is 5.89 Å². The van der Waals surface area contributed by atoms with Crippen LogP contribution >= 0.6 is 23.5 Å². The summed E-state index contributed by atoms with van der Waals surface area (Å²) in [7, 11) is 1.08. The number of rotatable bonds is 7. The molecule has 0 saturated heterocycles. The number of benzene rings is 1. The fourth-order valence-corrected chi connectivity index (χ4v) is 4.07. The molecule has 0 bridgehead atoms. The first-order chi connectivity index (χ1) is 12.0. The Morgan fingerprint density at radius 2 is 2.04 bits per heavy atom. The van der Waals surface area contributed by atoms with Crippen molar-refractivity contribution >= 4 is 34.4 Å². The number of ether oxygens (including phenoxy) is 1. The second-order valence-electron chi connectivity index (χ2n) is 5.32. The summed E-state index contributed by atoms with van der Waals surface area (Å²) in [5.74, 6) is 0.863. The molecule has 7 nitrogen and oxygen atoms in total. The lowest BCUT2D eigenvalue weighted by atomic mass is 10.1. The van der Waals surface area contributed by atoms with Gasteiger partial charge in [-0.2, -0.15) is 0 Å². The first kappa shape index (κ1) is 18.4. The number of nitrogens with zero attached hydrogens (tertiary/aromatic N) is 2. The molecule has 0 fully saturated rings. The van der Waals surface area contributed by atoms with Gasteiger partial charge in [-0.1, -0.05) is 22.0 Å². The van der Waals surface area contributed by atoms with Gasteiger partial charge < -0.3 is 22.8 Å². The molecule has 0 aliphatic rings. The van der Waals surface area contributed by atoms with Crippen LogP contribution in [-0.2, 0) is 31.2 Å². The molecular formula is C16H18BrN2O5P. The van der Waals surface area contributed by atoms with Gasteiger partial charge >= 0.3 is 7.60 Å². The number of hydrogen-bond acceptors (Lipinski definition) is 6.